The summed E-state index contributed by atoms with van der Waals surface area (Å²) in [5, 5.41) is 16.1. The van der Waals surface area contributed by atoms with Gasteiger partial charge in [0, 0.05) is 21.5 Å². The lowest BCUT2D eigenvalue weighted by Gasteiger charge is -2.46. The van der Waals surface area contributed by atoms with Crippen LogP contribution in [0.1, 0.15) is 27.8 Å². The fourth-order valence-corrected chi connectivity index (χ4v) is 10.2. The first-order valence-corrected chi connectivity index (χ1v) is 20.4. The molecule has 4 heteroatoms. The first-order chi connectivity index (χ1) is 29.8. The van der Waals surface area contributed by atoms with Gasteiger partial charge in [0.1, 0.15) is 11.6 Å². The van der Waals surface area contributed by atoms with Crippen LogP contribution in [0.3, 0.4) is 0 Å². The minimum Gasteiger partial charge on any atom is -0.310 e. The summed E-state index contributed by atoms with van der Waals surface area (Å²) >= 11 is 0. The van der Waals surface area contributed by atoms with Crippen LogP contribution in [0.25, 0.3) is 55.0 Å². The van der Waals surface area contributed by atoms with Crippen LogP contribution in [0, 0.1) is 11.3 Å². The molecular formula is C56H36N4. The molecule has 0 amide bonds. The highest BCUT2D eigenvalue weighted by Gasteiger charge is 2.46. The second-order valence-corrected chi connectivity index (χ2v) is 15.6. The average molecular weight is 765 g/mol. The molecule has 0 saturated carbocycles. The fourth-order valence-electron chi connectivity index (χ4n) is 10.2. The number of nitriles is 1. The van der Waals surface area contributed by atoms with Crippen molar-refractivity contribution in [2.24, 2.45) is 0 Å². The predicted octanol–water partition coefficient (Wildman–Crippen LogP) is 13.9. The third kappa shape index (κ3) is 4.66. The number of anilines is 3. The van der Waals surface area contributed by atoms with Crippen molar-refractivity contribution in [2.45, 2.75) is 5.41 Å². The maximum absolute atomic E-state index is 11.5. The quantitative estimate of drug-likeness (QED) is 0.175. The zero-order valence-corrected chi connectivity index (χ0v) is 32.6. The van der Waals surface area contributed by atoms with Crippen LogP contribution in [-0.2, 0) is 5.41 Å². The number of para-hydroxylation sites is 6. The number of benzene rings is 9. The molecule has 0 N–H and O–H groups in total. The van der Waals surface area contributed by atoms with Crippen molar-refractivity contribution in [1.29, 1.82) is 5.26 Å². The van der Waals surface area contributed by atoms with E-state index in [1.807, 2.05) is 0 Å². The molecule has 9 aromatic carbocycles. The highest BCUT2D eigenvalue weighted by Crippen LogP contribution is 2.58. The van der Waals surface area contributed by atoms with Gasteiger partial charge in [0.2, 0.25) is 0 Å². The number of rotatable bonds is 5. The molecule has 11 aromatic rings. The number of hydrogen-bond acceptors (Lipinski definition) is 2. The molecule has 0 saturated heterocycles. The lowest BCUT2D eigenvalue weighted by atomic mass is 9.62. The van der Waals surface area contributed by atoms with E-state index in [2.05, 4.69) is 238 Å². The number of aromatic nitrogens is 2. The Morgan fingerprint density at radius 3 is 1.07 bits per heavy atom. The standard InChI is InChI=1S/C56H36N4/c57-37-45-54(59-48-29-13-7-23-41(48)42-24-8-14-30-49(42)59)35-40(36-55(45)60-50-31-15-9-25-43(50)44-26-10-16-32-51(44)60)58-52-33-17-11-27-46(52)56(38-19-3-1-4-20-38,39-21-5-2-6-22-39)47-28-12-18-34-53(47)58/h1-36H. The predicted molar refractivity (Wildman–Crippen MR) is 246 cm³/mol. The molecule has 12 rings (SSSR count). The second kappa shape index (κ2) is 13.2. The van der Waals surface area contributed by atoms with Crippen LogP contribution in [-0.4, -0.2) is 9.13 Å². The van der Waals surface area contributed by atoms with Gasteiger partial charge in [0.05, 0.1) is 55.9 Å². The van der Waals surface area contributed by atoms with Crippen molar-refractivity contribution in [3.63, 3.8) is 0 Å². The van der Waals surface area contributed by atoms with Gasteiger partial charge in [0.25, 0.3) is 0 Å². The number of fused-ring (bicyclic) bond motifs is 8. The van der Waals surface area contributed by atoms with Crippen LogP contribution >= 0.6 is 0 Å². The molecule has 0 fully saturated rings. The zero-order valence-electron chi connectivity index (χ0n) is 32.6. The van der Waals surface area contributed by atoms with Crippen LogP contribution < -0.4 is 4.90 Å². The van der Waals surface area contributed by atoms with E-state index in [4.69, 9.17) is 0 Å². The summed E-state index contributed by atoms with van der Waals surface area (Å²) in [5.41, 5.74) is 13.7. The topological polar surface area (TPSA) is 36.9 Å². The molecule has 1 aliphatic rings. The first kappa shape index (κ1) is 34.0. The van der Waals surface area contributed by atoms with E-state index in [9.17, 15) is 5.26 Å². The van der Waals surface area contributed by atoms with Crippen molar-refractivity contribution < 1.29 is 0 Å². The average Bonchev–Trinajstić information content (AvgIpc) is 3.84. The smallest absolute Gasteiger partial charge is 0.104 e. The van der Waals surface area contributed by atoms with Crippen molar-refractivity contribution in [3.05, 3.63) is 246 Å². The second-order valence-electron chi connectivity index (χ2n) is 15.6. The molecule has 0 aliphatic carbocycles. The lowest BCUT2D eigenvalue weighted by molar-refractivity contribution is 0.731. The van der Waals surface area contributed by atoms with Crippen molar-refractivity contribution in [2.75, 3.05) is 4.90 Å². The van der Waals surface area contributed by atoms with Gasteiger partial charge < -0.3 is 14.0 Å². The zero-order chi connectivity index (χ0) is 39.8. The molecule has 2 aromatic heterocycles. The Morgan fingerprint density at radius 1 is 0.350 bits per heavy atom. The van der Waals surface area contributed by atoms with Crippen molar-refractivity contribution in [1.82, 2.24) is 9.13 Å². The summed E-state index contributed by atoms with van der Waals surface area (Å²) in [5.74, 6) is 0. The van der Waals surface area contributed by atoms with Crippen LogP contribution in [0.2, 0.25) is 0 Å². The van der Waals surface area contributed by atoms with E-state index in [1.165, 1.54) is 22.3 Å². The van der Waals surface area contributed by atoms with E-state index < -0.39 is 5.41 Å². The lowest BCUT2D eigenvalue weighted by Crippen LogP contribution is -2.37. The summed E-state index contributed by atoms with van der Waals surface area (Å²) in [6.45, 7) is 0. The Bertz CT molecular complexity index is 3180. The monoisotopic (exact) mass is 764 g/mol. The highest BCUT2D eigenvalue weighted by atomic mass is 15.2. The molecule has 0 bridgehead atoms. The molecule has 0 unspecified atom stereocenters. The normalized spacial score (nSPS) is 13.1. The molecule has 4 nitrogen and oxygen atoms in total. The largest absolute Gasteiger partial charge is 0.310 e. The third-order valence-electron chi connectivity index (χ3n) is 12.6. The Kier molecular flexibility index (Phi) is 7.48. The van der Waals surface area contributed by atoms with Gasteiger partial charge in [-0.1, -0.05) is 170 Å². The molecule has 280 valence electrons. The van der Waals surface area contributed by atoms with Crippen LogP contribution in [0.5, 0.6) is 0 Å². The third-order valence-corrected chi connectivity index (χ3v) is 12.6. The van der Waals surface area contributed by atoms with Gasteiger partial charge in [0.15, 0.2) is 0 Å². The van der Waals surface area contributed by atoms with Gasteiger partial charge in [-0.3, -0.25) is 0 Å². The number of nitrogens with zero attached hydrogens (tertiary/aromatic N) is 4. The maximum Gasteiger partial charge on any atom is 0.104 e. The first-order valence-electron chi connectivity index (χ1n) is 20.4. The summed E-state index contributed by atoms with van der Waals surface area (Å²) in [4.78, 5) is 2.42. The minimum atomic E-state index is -0.607. The van der Waals surface area contributed by atoms with Gasteiger partial charge in [-0.05, 0) is 70.8 Å². The summed E-state index contributed by atoms with van der Waals surface area (Å²) in [6.07, 6.45) is 0. The molecular weight excluding hydrogens is 729 g/mol. The maximum atomic E-state index is 11.5. The molecule has 3 heterocycles. The van der Waals surface area contributed by atoms with Gasteiger partial charge in [-0.2, -0.15) is 5.26 Å². The van der Waals surface area contributed by atoms with Crippen molar-refractivity contribution in [3.8, 4) is 17.4 Å². The Labute approximate surface area is 347 Å². The van der Waals surface area contributed by atoms with E-state index >= 15 is 0 Å². The molecule has 0 radical (unpaired) electrons. The summed E-state index contributed by atoms with van der Waals surface area (Å²) < 4.78 is 4.59. The van der Waals surface area contributed by atoms with E-state index in [0.717, 1.165) is 72.0 Å². The Morgan fingerprint density at radius 2 is 0.683 bits per heavy atom. The van der Waals surface area contributed by atoms with Gasteiger partial charge in [-0.25, -0.2) is 0 Å². The van der Waals surface area contributed by atoms with E-state index in [1.54, 1.807) is 0 Å². The fraction of sp³-hybridized carbons (Fsp3) is 0.0179. The van der Waals surface area contributed by atoms with Crippen molar-refractivity contribution >= 4 is 60.7 Å². The van der Waals surface area contributed by atoms with E-state index in [-0.39, 0.29) is 0 Å². The van der Waals surface area contributed by atoms with Crippen LogP contribution in [0.4, 0.5) is 17.1 Å². The highest BCUT2D eigenvalue weighted by molar-refractivity contribution is 6.11. The van der Waals surface area contributed by atoms with Gasteiger partial charge in [-0.15, -0.1) is 0 Å². The summed E-state index contributed by atoms with van der Waals surface area (Å²) in [7, 11) is 0. The molecule has 60 heavy (non-hydrogen) atoms. The Hall–Kier alpha value is -8.13. The number of hydrogen-bond donors (Lipinski definition) is 0. The van der Waals surface area contributed by atoms with E-state index in [0.29, 0.717) is 5.56 Å². The Balaban J connectivity index is 1.24. The molecule has 0 spiro atoms. The molecule has 0 atom stereocenters. The van der Waals surface area contributed by atoms with Crippen LogP contribution in [0.15, 0.2) is 218 Å². The minimum absolute atomic E-state index is 0.596. The molecule has 1 aliphatic heterocycles. The summed E-state index contributed by atoms with van der Waals surface area (Å²) in [6, 6.07) is 80.9. The SMILES string of the molecule is N#Cc1c(-n2c3ccccc3c3ccccc32)cc(N2c3ccccc3C(c3ccccc3)(c3ccccc3)c3ccccc32)cc1-n1c2ccccc2c2ccccc21. The van der Waals surface area contributed by atoms with Gasteiger partial charge >= 0.3 is 0 Å².